The van der Waals surface area contributed by atoms with Gasteiger partial charge in [0.2, 0.25) is 5.91 Å². The van der Waals surface area contributed by atoms with Gasteiger partial charge in [-0.1, -0.05) is 0 Å². The highest BCUT2D eigenvalue weighted by Gasteiger charge is 2.26. The van der Waals surface area contributed by atoms with Gasteiger partial charge in [-0.15, -0.1) is 11.3 Å². The Morgan fingerprint density at radius 3 is 3.21 bits per heavy atom. The predicted octanol–water partition coefficient (Wildman–Crippen LogP) is -0.276. The summed E-state index contributed by atoms with van der Waals surface area (Å²) in [4.78, 5) is 22.8. The number of fused-ring (bicyclic) bond motifs is 1. The van der Waals surface area contributed by atoms with Gasteiger partial charge in [0.25, 0.3) is 5.91 Å². The van der Waals surface area contributed by atoms with Crippen LogP contribution < -0.4 is 15.8 Å². The van der Waals surface area contributed by atoms with E-state index in [-0.39, 0.29) is 12.5 Å². The molecule has 1 aromatic heterocycles. The monoisotopic (exact) mass is 212 g/mol. The fourth-order valence-electron chi connectivity index (χ4n) is 1.17. The molecule has 2 rings (SSSR count). The molecule has 0 saturated heterocycles. The first-order valence-electron chi connectivity index (χ1n) is 3.99. The summed E-state index contributed by atoms with van der Waals surface area (Å²) in [7, 11) is 0. The van der Waals surface area contributed by atoms with Gasteiger partial charge in [-0.05, 0) is 11.4 Å². The molecule has 1 aliphatic rings. The van der Waals surface area contributed by atoms with Crippen LogP contribution in [0.15, 0.2) is 11.4 Å². The van der Waals surface area contributed by atoms with Crippen LogP contribution in [0.25, 0.3) is 0 Å². The average molecular weight is 212 g/mol. The minimum atomic E-state index is -0.748. The molecule has 74 valence electrons. The third-order valence-corrected chi connectivity index (χ3v) is 2.78. The molecule has 1 aromatic rings. The maximum Gasteiger partial charge on any atom is 0.265 e. The molecule has 1 aliphatic heterocycles. The molecule has 5 nitrogen and oxygen atoms in total. The average Bonchev–Trinajstić information content (AvgIpc) is 2.54. The number of primary amides is 1. The van der Waals surface area contributed by atoms with Crippen molar-refractivity contribution in [3.05, 3.63) is 16.3 Å². The summed E-state index contributed by atoms with van der Waals surface area (Å²) in [5.41, 5.74) is 5.07. The van der Waals surface area contributed by atoms with E-state index in [1.54, 1.807) is 11.4 Å². The van der Waals surface area contributed by atoms with E-state index in [0.717, 1.165) is 0 Å². The van der Waals surface area contributed by atoms with Crippen molar-refractivity contribution in [3.8, 4) is 5.75 Å². The molecule has 0 saturated carbocycles. The lowest BCUT2D eigenvalue weighted by molar-refractivity contribution is -0.120. The lowest BCUT2D eigenvalue weighted by Gasteiger charge is -2.10. The zero-order valence-corrected chi connectivity index (χ0v) is 7.97. The zero-order valence-electron chi connectivity index (χ0n) is 7.15. The smallest absolute Gasteiger partial charge is 0.265 e. The number of nitrogens with one attached hydrogen (secondary N) is 1. The summed E-state index contributed by atoms with van der Waals surface area (Å²) in [6.45, 7) is 0.0881. The second-order valence-corrected chi connectivity index (χ2v) is 3.77. The highest BCUT2D eigenvalue weighted by atomic mass is 32.1. The van der Waals surface area contributed by atoms with Gasteiger partial charge in [0, 0.05) is 0 Å². The standard InChI is InChI=1S/C8H8N2O3S/c9-7(11)4-3-13-5-1-2-14-6(5)8(12)10-4/h1-2,4H,3H2,(H2,9,11)(H,10,12). The Morgan fingerprint density at radius 1 is 1.71 bits per heavy atom. The lowest BCUT2D eigenvalue weighted by atomic mass is 10.3. The number of hydrogen-bond acceptors (Lipinski definition) is 4. The van der Waals surface area contributed by atoms with E-state index in [4.69, 9.17) is 10.5 Å². The van der Waals surface area contributed by atoms with E-state index >= 15 is 0 Å². The minimum absolute atomic E-state index is 0.0881. The largest absolute Gasteiger partial charge is 0.489 e. The molecule has 6 heteroatoms. The Hall–Kier alpha value is -1.56. The summed E-state index contributed by atoms with van der Waals surface area (Å²) in [5, 5.41) is 4.25. The summed E-state index contributed by atoms with van der Waals surface area (Å²) >= 11 is 1.27. The Labute approximate surface area is 83.9 Å². The Morgan fingerprint density at radius 2 is 2.50 bits per heavy atom. The van der Waals surface area contributed by atoms with E-state index in [9.17, 15) is 9.59 Å². The zero-order chi connectivity index (χ0) is 10.1. The van der Waals surface area contributed by atoms with Crippen LogP contribution in [0.4, 0.5) is 0 Å². The number of thiophene rings is 1. The topological polar surface area (TPSA) is 81.4 Å². The molecule has 0 spiro atoms. The van der Waals surface area contributed by atoms with E-state index < -0.39 is 11.9 Å². The fourth-order valence-corrected chi connectivity index (χ4v) is 1.91. The van der Waals surface area contributed by atoms with E-state index in [2.05, 4.69) is 5.32 Å². The second kappa shape index (κ2) is 3.30. The maximum atomic E-state index is 11.5. The molecular formula is C8H8N2O3S. The first-order chi connectivity index (χ1) is 6.68. The number of hydrogen-bond donors (Lipinski definition) is 2. The highest BCUT2D eigenvalue weighted by Crippen LogP contribution is 2.26. The molecule has 1 unspecified atom stereocenters. The molecule has 0 radical (unpaired) electrons. The number of amides is 2. The van der Waals surface area contributed by atoms with Gasteiger partial charge in [0.05, 0.1) is 0 Å². The Balaban J connectivity index is 2.27. The van der Waals surface area contributed by atoms with Crippen LogP contribution in [-0.4, -0.2) is 24.5 Å². The van der Waals surface area contributed by atoms with Crippen molar-refractivity contribution >= 4 is 23.2 Å². The SMILES string of the molecule is NC(=O)C1COc2ccsc2C(=O)N1. The van der Waals surface area contributed by atoms with Gasteiger partial charge < -0.3 is 15.8 Å². The van der Waals surface area contributed by atoms with Crippen LogP contribution in [-0.2, 0) is 4.79 Å². The van der Waals surface area contributed by atoms with Crippen molar-refractivity contribution in [2.24, 2.45) is 5.73 Å². The number of rotatable bonds is 1. The Kier molecular flexibility index (Phi) is 2.12. The molecule has 0 bridgehead atoms. The van der Waals surface area contributed by atoms with Crippen LogP contribution in [0.2, 0.25) is 0 Å². The number of carbonyl (C=O) groups excluding carboxylic acids is 2. The quantitative estimate of drug-likeness (QED) is 0.672. The molecule has 3 N–H and O–H groups in total. The van der Waals surface area contributed by atoms with Gasteiger partial charge >= 0.3 is 0 Å². The maximum absolute atomic E-state index is 11.5. The molecule has 2 amide bonds. The molecule has 0 aromatic carbocycles. The fraction of sp³-hybridized carbons (Fsp3) is 0.250. The first-order valence-corrected chi connectivity index (χ1v) is 4.87. The van der Waals surface area contributed by atoms with Gasteiger partial charge in [0.1, 0.15) is 23.3 Å². The Bertz CT molecular complexity index is 388. The van der Waals surface area contributed by atoms with Gasteiger partial charge in [-0.3, -0.25) is 9.59 Å². The van der Waals surface area contributed by atoms with Crippen LogP contribution >= 0.6 is 11.3 Å². The molecule has 1 atom stereocenters. The molecule has 0 fully saturated rings. The van der Waals surface area contributed by atoms with Crippen molar-refractivity contribution in [1.82, 2.24) is 5.32 Å². The first kappa shape index (κ1) is 9.01. The van der Waals surface area contributed by atoms with Crippen LogP contribution in [0.5, 0.6) is 5.75 Å². The van der Waals surface area contributed by atoms with Crippen molar-refractivity contribution in [3.63, 3.8) is 0 Å². The van der Waals surface area contributed by atoms with E-state index in [1.807, 2.05) is 0 Å². The summed E-state index contributed by atoms with van der Waals surface area (Å²) in [6, 6.07) is 0.949. The van der Waals surface area contributed by atoms with Crippen molar-refractivity contribution in [1.29, 1.82) is 0 Å². The number of ether oxygens (including phenoxy) is 1. The molecular weight excluding hydrogens is 204 g/mol. The van der Waals surface area contributed by atoms with Gasteiger partial charge in [0.15, 0.2) is 0 Å². The third-order valence-electron chi connectivity index (χ3n) is 1.89. The van der Waals surface area contributed by atoms with Crippen LogP contribution in [0, 0.1) is 0 Å². The van der Waals surface area contributed by atoms with Crippen LogP contribution in [0.3, 0.4) is 0 Å². The lowest BCUT2D eigenvalue weighted by Crippen LogP contribution is -2.46. The molecule has 14 heavy (non-hydrogen) atoms. The van der Waals surface area contributed by atoms with Crippen molar-refractivity contribution in [2.75, 3.05) is 6.61 Å². The molecule has 0 aliphatic carbocycles. The molecule has 2 heterocycles. The summed E-state index contributed by atoms with van der Waals surface area (Å²) in [6.07, 6.45) is 0. The van der Waals surface area contributed by atoms with E-state index in [0.29, 0.717) is 10.6 Å². The number of carbonyl (C=O) groups is 2. The highest BCUT2D eigenvalue weighted by molar-refractivity contribution is 7.12. The normalized spacial score (nSPS) is 20.3. The van der Waals surface area contributed by atoms with Crippen LogP contribution in [0.1, 0.15) is 9.67 Å². The predicted molar refractivity (Wildman–Crippen MR) is 50.3 cm³/mol. The second-order valence-electron chi connectivity index (χ2n) is 2.85. The number of nitrogens with two attached hydrogens (primary N) is 1. The summed E-state index contributed by atoms with van der Waals surface area (Å²) < 4.78 is 5.26. The van der Waals surface area contributed by atoms with Crippen molar-refractivity contribution < 1.29 is 14.3 Å². The van der Waals surface area contributed by atoms with Crippen molar-refractivity contribution in [2.45, 2.75) is 6.04 Å². The third kappa shape index (κ3) is 1.44. The van der Waals surface area contributed by atoms with E-state index in [1.165, 1.54) is 11.3 Å². The van der Waals surface area contributed by atoms with Gasteiger partial charge in [-0.2, -0.15) is 0 Å². The minimum Gasteiger partial charge on any atom is -0.489 e. The summed E-state index contributed by atoms with van der Waals surface area (Å²) in [5.74, 6) is -0.388. The van der Waals surface area contributed by atoms with Gasteiger partial charge in [-0.25, -0.2) is 0 Å².